The molecule has 26 heavy (non-hydrogen) atoms. The van der Waals surface area contributed by atoms with Crippen molar-refractivity contribution in [2.45, 2.75) is 32.9 Å². The highest BCUT2D eigenvalue weighted by atomic mass is 28.2. The van der Waals surface area contributed by atoms with Crippen LogP contribution in [0.15, 0.2) is 12.7 Å². The summed E-state index contributed by atoms with van der Waals surface area (Å²) in [5.41, 5.74) is 0. The van der Waals surface area contributed by atoms with Crippen molar-refractivity contribution >= 4 is 45.5 Å². The third-order valence-corrected chi connectivity index (χ3v) is 3.48. The van der Waals surface area contributed by atoms with E-state index >= 15 is 0 Å². The molecule has 0 saturated heterocycles. The van der Waals surface area contributed by atoms with E-state index in [1.165, 1.54) is 21.3 Å². The van der Waals surface area contributed by atoms with Crippen LogP contribution in [-0.2, 0) is 28.6 Å². The lowest BCUT2D eigenvalue weighted by atomic mass is 10.2. The van der Waals surface area contributed by atoms with Crippen molar-refractivity contribution in [1.29, 1.82) is 0 Å². The zero-order chi connectivity index (χ0) is 20.7. The highest BCUT2D eigenvalue weighted by Gasteiger charge is 2.09. The van der Waals surface area contributed by atoms with E-state index < -0.39 is 5.97 Å². The maximum absolute atomic E-state index is 10.6. The number of rotatable bonds is 5. The number of methoxy groups -OCH3 is 3. The fourth-order valence-corrected chi connectivity index (χ4v) is 1.69. The van der Waals surface area contributed by atoms with Gasteiger partial charge in [-0.3, -0.25) is 9.59 Å². The molecular weight excluding hydrogens is 384 g/mol. The smallest absolute Gasteiger partial charge is 0.329 e. The van der Waals surface area contributed by atoms with Crippen molar-refractivity contribution in [2.24, 2.45) is 5.92 Å². The van der Waals surface area contributed by atoms with Crippen LogP contribution in [0, 0.1) is 23.9 Å². The zero-order valence-electron chi connectivity index (χ0n) is 15.2. The Kier molecular flexibility index (Phi) is 42.0. The Morgan fingerprint density at radius 2 is 1.58 bits per heavy atom. The molecule has 146 valence electrons. The van der Waals surface area contributed by atoms with Crippen LogP contribution in [-0.4, -0.2) is 66.8 Å². The average molecular weight is 415 g/mol. The second-order valence-electron chi connectivity index (χ2n) is 3.84. The minimum absolute atomic E-state index is 0. The summed E-state index contributed by atoms with van der Waals surface area (Å²) in [6, 6.07) is 16.3. The van der Waals surface area contributed by atoms with Crippen LogP contribution in [0.3, 0.4) is 0 Å². The number of carbonyl (C=O) groups is 3. The Hall–Kier alpha value is -1.86. The van der Waals surface area contributed by atoms with Crippen LogP contribution in [0.5, 0.6) is 0 Å². The molecule has 0 spiro atoms. The Labute approximate surface area is 165 Å². The fourth-order valence-electron chi connectivity index (χ4n) is 0.821. The Balaban J connectivity index is -0.0000000806. The van der Waals surface area contributed by atoms with E-state index in [1.807, 2.05) is 16.6 Å². The number of ether oxygens (including phenoxy) is 3. The average Bonchev–Trinajstić information content (AvgIpc) is 2.67. The first-order valence-corrected chi connectivity index (χ1v) is 10.1. The normalized spacial score (nSPS) is 8.00. The van der Waals surface area contributed by atoms with E-state index in [-0.39, 0.29) is 25.3 Å². The maximum Gasteiger partial charge on any atom is 0.329 e. The lowest BCUT2D eigenvalue weighted by Crippen LogP contribution is -2.11. The third-order valence-electron chi connectivity index (χ3n) is 2.10. The standard InChI is InChI=1S/C6H10O2Si.C5H8O2Si.C4H6O2.CH2Si.CH4/c1-5(4-9-3)6(7)8-2;1-7-5(6)3-4-8-2;1-3-4(5)6-2;1-2;/h3,5H,4H2,1-2H3;2H,3-4H2,1H3;3H,1H2,2H3;1-2H;1H4. The molecule has 0 aromatic rings. The minimum atomic E-state index is -0.394. The van der Waals surface area contributed by atoms with Crippen LogP contribution in [0.2, 0.25) is 12.1 Å². The van der Waals surface area contributed by atoms with E-state index in [2.05, 4.69) is 26.8 Å². The van der Waals surface area contributed by atoms with Gasteiger partial charge in [0.1, 0.15) is 0 Å². The number of esters is 3. The van der Waals surface area contributed by atoms with E-state index in [0.29, 0.717) is 24.3 Å². The second-order valence-corrected chi connectivity index (χ2v) is 5.56. The van der Waals surface area contributed by atoms with Crippen molar-refractivity contribution in [2.75, 3.05) is 21.3 Å². The predicted octanol–water partition coefficient (Wildman–Crippen LogP) is 1.23. The van der Waals surface area contributed by atoms with Gasteiger partial charge in [-0.25, -0.2) is 4.79 Å². The highest BCUT2D eigenvalue weighted by molar-refractivity contribution is 6.22. The first kappa shape index (κ1) is 35.3. The molecule has 0 fully saturated rings. The molecule has 0 rings (SSSR count). The topological polar surface area (TPSA) is 78.9 Å². The van der Waals surface area contributed by atoms with Crippen molar-refractivity contribution < 1.29 is 28.6 Å². The molecule has 6 nitrogen and oxygen atoms in total. The van der Waals surface area contributed by atoms with Crippen molar-refractivity contribution in [3.63, 3.8) is 0 Å². The zero-order valence-corrected chi connectivity index (χ0v) is 18.4. The Bertz CT molecular complexity index is 489. The summed E-state index contributed by atoms with van der Waals surface area (Å²) < 4.78 is 13.0. The summed E-state index contributed by atoms with van der Waals surface area (Å²) >= 11 is 0. The van der Waals surface area contributed by atoms with Gasteiger partial charge in [-0.15, -0.1) is 0 Å². The number of hydrogen-bond donors (Lipinski definition) is 0. The van der Waals surface area contributed by atoms with Gasteiger partial charge in [0.15, 0.2) is 0 Å². The van der Waals surface area contributed by atoms with Crippen LogP contribution in [0.25, 0.3) is 0 Å². The summed E-state index contributed by atoms with van der Waals surface area (Å²) in [6.45, 7) is 4.97. The largest absolute Gasteiger partial charge is 0.469 e. The van der Waals surface area contributed by atoms with Crippen LogP contribution >= 0.6 is 0 Å². The summed E-state index contributed by atoms with van der Waals surface area (Å²) in [5, 5.41) is 0. The molecule has 0 amide bonds. The van der Waals surface area contributed by atoms with E-state index in [9.17, 15) is 14.4 Å². The second kappa shape index (κ2) is 31.0. The third kappa shape index (κ3) is 33.7. The molecule has 0 saturated carbocycles. The SMILES string of the molecule is C.C#[SiH].C#[Si]CC(C)C(=O)OC.C#[Si]CCC(=O)OC.C=CC(=O)OC. The summed E-state index contributed by atoms with van der Waals surface area (Å²) in [7, 11) is 6.68. The van der Waals surface area contributed by atoms with E-state index in [0.717, 1.165) is 18.2 Å². The van der Waals surface area contributed by atoms with Crippen LogP contribution < -0.4 is 0 Å². The van der Waals surface area contributed by atoms with Gasteiger partial charge in [-0.05, 0) is 39.7 Å². The van der Waals surface area contributed by atoms with E-state index in [4.69, 9.17) is 12.0 Å². The first-order chi connectivity index (χ1) is 11.8. The van der Waals surface area contributed by atoms with Gasteiger partial charge in [0, 0.05) is 6.08 Å². The molecule has 0 heterocycles. The van der Waals surface area contributed by atoms with Gasteiger partial charge in [0.05, 0.1) is 33.7 Å². The monoisotopic (exact) mass is 414 g/mol. The lowest BCUT2D eigenvalue weighted by Gasteiger charge is -2.02. The van der Waals surface area contributed by atoms with Gasteiger partial charge < -0.3 is 14.2 Å². The molecule has 0 radical (unpaired) electrons. The molecule has 1 atom stereocenters. The molecule has 0 aromatic carbocycles. The molecule has 1 unspecified atom stereocenters. The maximum atomic E-state index is 10.6. The molecule has 9 heteroatoms. The predicted molar refractivity (Wildman–Crippen MR) is 110 cm³/mol. The quantitative estimate of drug-likeness (QED) is 0.291. The summed E-state index contributed by atoms with van der Waals surface area (Å²) in [6.07, 6.45) is 1.56. The summed E-state index contributed by atoms with van der Waals surface area (Å²) in [4.78, 5) is 30.8. The first-order valence-electron chi connectivity index (χ1n) is 6.89. The van der Waals surface area contributed by atoms with Crippen molar-refractivity contribution in [1.82, 2.24) is 0 Å². The van der Waals surface area contributed by atoms with Crippen LogP contribution in [0.1, 0.15) is 20.8 Å². The number of hydrogen-bond acceptors (Lipinski definition) is 6. The molecule has 0 aromatic heterocycles. The van der Waals surface area contributed by atoms with E-state index in [1.54, 1.807) is 0 Å². The highest BCUT2D eigenvalue weighted by Crippen LogP contribution is 2.00. The van der Waals surface area contributed by atoms with Gasteiger partial charge in [0.25, 0.3) is 0 Å². The lowest BCUT2D eigenvalue weighted by molar-refractivity contribution is -0.144. The molecular formula is C17H30O6Si3. The molecule has 0 aliphatic rings. The van der Waals surface area contributed by atoms with Gasteiger partial charge in [-0.2, -0.15) is 18.0 Å². The van der Waals surface area contributed by atoms with Crippen LogP contribution in [0.4, 0.5) is 0 Å². The minimum Gasteiger partial charge on any atom is -0.469 e. The fraction of sp³-hybridized carbons (Fsp3) is 0.529. The summed E-state index contributed by atoms with van der Waals surface area (Å²) in [5.74, 6) is -0.788. The molecule has 0 aliphatic heterocycles. The van der Waals surface area contributed by atoms with Crippen molar-refractivity contribution in [3.8, 4) is 18.0 Å². The molecule has 0 N–H and O–H groups in total. The van der Waals surface area contributed by atoms with Gasteiger partial charge >= 0.3 is 17.9 Å². The Morgan fingerprint density at radius 3 is 1.81 bits per heavy atom. The molecule has 0 bridgehead atoms. The Morgan fingerprint density at radius 1 is 1.08 bits per heavy atom. The van der Waals surface area contributed by atoms with Gasteiger partial charge in [0.2, 0.25) is 0 Å². The van der Waals surface area contributed by atoms with Crippen molar-refractivity contribution in [3.05, 3.63) is 12.7 Å². The number of carbonyl (C=O) groups excluding carboxylic acids is 3. The van der Waals surface area contributed by atoms with Gasteiger partial charge in [-0.1, -0.05) is 20.9 Å². The molecule has 0 aliphatic carbocycles.